The minimum atomic E-state index is -6.42. The maximum absolute atomic E-state index is 13.4. The molecule has 144 valence electrons. The molecule has 0 aromatic heterocycles. The first-order chi connectivity index (χ1) is 11.2. The molecule has 0 aliphatic rings. The number of hydrogen-bond acceptors (Lipinski definition) is 4. The first kappa shape index (κ1) is 22.5. The van der Waals surface area contributed by atoms with Crippen molar-refractivity contribution in [2.45, 2.75) is 41.1 Å². The van der Waals surface area contributed by atoms with E-state index in [9.17, 15) is 35.5 Å². The van der Waals surface area contributed by atoms with Crippen molar-refractivity contribution < 1.29 is 44.8 Å². The van der Waals surface area contributed by atoms with Crippen molar-refractivity contribution in [3.8, 4) is 0 Å². The van der Waals surface area contributed by atoms with Gasteiger partial charge in [-0.1, -0.05) is 53.8 Å². The van der Waals surface area contributed by atoms with E-state index in [0.717, 1.165) is 12.0 Å². The molecule has 0 bridgehead atoms. The summed E-state index contributed by atoms with van der Waals surface area (Å²) in [5, 5.41) is 3.94. The Labute approximate surface area is 154 Å². The summed E-state index contributed by atoms with van der Waals surface area (Å²) in [5.74, 6) is 0. The lowest BCUT2D eigenvalue weighted by Crippen LogP contribution is -2.51. The van der Waals surface area contributed by atoms with Gasteiger partial charge in [0.1, 0.15) is 0 Å². The molecule has 0 radical (unpaired) electrons. The molecule has 1 rings (SSSR count). The van der Waals surface area contributed by atoms with E-state index in [1.165, 1.54) is 24.3 Å². The first-order valence-electron chi connectivity index (χ1n) is 6.70. The standard InChI is InChI=1S/C13H14F5IO5S/c1-2-9(19)7-3-5-8(6-4-7)10(20)24-11(12(14,15)16)13(17,18)25(21,22)23/h3-6,9-11,20H,2H2,1H3,(H,21,22,23). The van der Waals surface area contributed by atoms with Gasteiger partial charge in [-0.2, -0.15) is 30.4 Å². The van der Waals surface area contributed by atoms with Crippen LogP contribution in [0.4, 0.5) is 22.0 Å². The van der Waals surface area contributed by atoms with Crippen LogP contribution in [-0.2, 0) is 14.9 Å². The van der Waals surface area contributed by atoms with Crippen LogP contribution in [-0.4, -0.2) is 35.6 Å². The molecule has 12 heteroatoms. The normalized spacial score (nSPS) is 17.2. The van der Waals surface area contributed by atoms with Crippen LogP contribution in [0.1, 0.15) is 34.7 Å². The second-order valence-corrected chi connectivity index (χ2v) is 7.99. The van der Waals surface area contributed by atoms with E-state index in [1.54, 1.807) is 0 Å². The second kappa shape index (κ2) is 7.98. The quantitative estimate of drug-likeness (QED) is 0.193. The predicted molar refractivity (Wildman–Crippen MR) is 85.9 cm³/mol. The van der Waals surface area contributed by atoms with Crippen LogP contribution in [0.3, 0.4) is 0 Å². The molecule has 1 aromatic carbocycles. The number of rotatable bonds is 7. The zero-order chi connectivity index (χ0) is 19.6. The number of hydrogen-bond donors (Lipinski definition) is 2. The Morgan fingerprint density at radius 1 is 1.12 bits per heavy atom. The monoisotopic (exact) mass is 504 g/mol. The van der Waals surface area contributed by atoms with Gasteiger partial charge in [0, 0.05) is 9.49 Å². The molecule has 0 spiro atoms. The Balaban J connectivity index is 3.10. The SMILES string of the molecule is CCC(I)c1ccc(C(O)OC(C(F)(F)F)C(F)(F)S(=O)(=O)O)cc1. The highest BCUT2D eigenvalue weighted by molar-refractivity contribution is 14.1. The van der Waals surface area contributed by atoms with Crippen molar-refractivity contribution in [3.05, 3.63) is 35.4 Å². The van der Waals surface area contributed by atoms with Crippen LogP contribution in [0.15, 0.2) is 24.3 Å². The van der Waals surface area contributed by atoms with Crippen molar-refractivity contribution in [2.24, 2.45) is 0 Å². The summed E-state index contributed by atoms with van der Waals surface area (Å²) < 4.78 is 98.4. The van der Waals surface area contributed by atoms with Crippen LogP contribution in [0.25, 0.3) is 0 Å². The van der Waals surface area contributed by atoms with Crippen LogP contribution in [0, 0.1) is 0 Å². The maximum Gasteiger partial charge on any atom is 0.421 e. The lowest BCUT2D eigenvalue weighted by molar-refractivity contribution is -0.303. The predicted octanol–water partition coefficient (Wildman–Crippen LogP) is 3.99. The van der Waals surface area contributed by atoms with E-state index in [0.29, 0.717) is 0 Å². The number of ether oxygens (including phenoxy) is 1. The minimum absolute atomic E-state index is 0.0940. The van der Waals surface area contributed by atoms with Crippen LogP contribution < -0.4 is 0 Å². The summed E-state index contributed by atoms with van der Waals surface area (Å²) in [7, 11) is -6.42. The lowest BCUT2D eigenvalue weighted by atomic mass is 10.1. The van der Waals surface area contributed by atoms with Crippen LogP contribution in [0.2, 0.25) is 0 Å². The Bertz CT molecular complexity index is 677. The van der Waals surface area contributed by atoms with Gasteiger partial charge in [-0.3, -0.25) is 4.55 Å². The average molecular weight is 504 g/mol. The number of halogens is 6. The smallest absolute Gasteiger partial charge is 0.364 e. The molecule has 2 N–H and O–H groups in total. The number of benzene rings is 1. The summed E-state index contributed by atoms with van der Waals surface area (Å²) in [4.78, 5) is 0. The molecule has 3 atom stereocenters. The Morgan fingerprint density at radius 3 is 1.92 bits per heavy atom. The van der Waals surface area contributed by atoms with E-state index >= 15 is 0 Å². The lowest BCUT2D eigenvalue weighted by Gasteiger charge is -2.28. The Kier molecular flexibility index (Phi) is 7.17. The molecule has 0 heterocycles. The minimum Gasteiger partial charge on any atom is -0.364 e. The van der Waals surface area contributed by atoms with Gasteiger partial charge in [0.2, 0.25) is 6.10 Å². The van der Waals surface area contributed by atoms with E-state index in [2.05, 4.69) is 27.3 Å². The van der Waals surface area contributed by atoms with Crippen molar-refractivity contribution in [1.29, 1.82) is 0 Å². The summed E-state index contributed by atoms with van der Waals surface area (Å²) in [6.07, 6.45) is -11.8. The highest BCUT2D eigenvalue weighted by Gasteiger charge is 2.65. The molecule has 0 amide bonds. The molecule has 0 saturated heterocycles. The molecule has 0 aliphatic heterocycles. The number of alkyl halides is 6. The van der Waals surface area contributed by atoms with Crippen molar-refractivity contribution in [1.82, 2.24) is 0 Å². The third-order valence-electron chi connectivity index (χ3n) is 3.15. The van der Waals surface area contributed by atoms with Crippen LogP contribution >= 0.6 is 22.6 Å². The third-order valence-corrected chi connectivity index (χ3v) is 5.66. The third kappa shape index (κ3) is 5.45. The molecular formula is C13H14F5IO5S. The van der Waals surface area contributed by atoms with Gasteiger partial charge in [0.15, 0.2) is 6.29 Å². The van der Waals surface area contributed by atoms with E-state index in [1.807, 2.05) is 6.92 Å². The average Bonchev–Trinajstić information content (AvgIpc) is 2.49. The second-order valence-electron chi connectivity index (χ2n) is 4.99. The van der Waals surface area contributed by atoms with Crippen molar-refractivity contribution in [3.63, 3.8) is 0 Å². The topological polar surface area (TPSA) is 83.8 Å². The summed E-state index contributed by atoms with van der Waals surface area (Å²) in [6.45, 7) is 1.90. The maximum atomic E-state index is 13.4. The molecule has 0 aliphatic carbocycles. The molecule has 1 aromatic rings. The van der Waals surface area contributed by atoms with E-state index in [4.69, 9.17) is 4.55 Å². The van der Waals surface area contributed by atoms with Gasteiger partial charge in [0.05, 0.1) is 0 Å². The fourth-order valence-electron chi connectivity index (χ4n) is 1.79. The van der Waals surface area contributed by atoms with Gasteiger partial charge in [0.25, 0.3) is 0 Å². The summed E-state index contributed by atoms with van der Waals surface area (Å²) in [5.41, 5.74) is 0.499. The zero-order valence-corrected chi connectivity index (χ0v) is 15.5. The van der Waals surface area contributed by atoms with Gasteiger partial charge >= 0.3 is 21.5 Å². The molecular weight excluding hydrogens is 490 g/mol. The van der Waals surface area contributed by atoms with Crippen molar-refractivity contribution >= 4 is 32.7 Å². The Hall–Kier alpha value is -0.570. The van der Waals surface area contributed by atoms with Crippen LogP contribution in [0.5, 0.6) is 0 Å². The Morgan fingerprint density at radius 2 is 1.56 bits per heavy atom. The van der Waals surface area contributed by atoms with E-state index < -0.39 is 33.9 Å². The number of aliphatic hydroxyl groups is 1. The molecule has 3 unspecified atom stereocenters. The molecule has 0 saturated carbocycles. The highest BCUT2D eigenvalue weighted by atomic mass is 127. The fourth-order valence-corrected chi connectivity index (χ4v) is 2.67. The van der Waals surface area contributed by atoms with Gasteiger partial charge in [-0.25, -0.2) is 0 Å². The zero-order valence-electron chi connectivity index (χ0n) is 12.5. The fraction of sp³-hybridized carbons (Fsp3) is 0.538. The van der Waals surface area contributed by atoms with Gasteiger partial charge < -0.3 is 9.84 Å². The number of aliphatic hydroxyl groups excluding tert-OH is 1. The summed E-state index contributed by atoms with van der Waals surface area (Å²) in [6, 6.07) is 5.26. The summed E-state index contributed by atoms with van der Waals surface area (Å²) >= 11 is 2.11. The van der Waals surface area contributed by atoms with Gasteiger partial charge in [-0.15, -0.1) is 0 Å². The molecule has 5 nitrogen and oxygen atoms in total. The molecule has 0 fully saturated rings. The highest BCUT2D eigenvalue weighted by Crippen LogP contribution is 2.40. The van der Waals surface area contributed by atoms with Crippen molar-refractivity contribution in [2.75, 3.05) is 0 Å². The largest absolute Gasteiger partial charge is 0.421 e. The first-order valence-corrected chi connectivity index (χ1v) is 9.39. The molecule has 25 heavy (non-hydrogen) atoms. The van der Waals surface area contributed by atoms with Gasteiger partial charge in [-0.05, 0) is 12.0 Å². The van der Waals surface area contributed by atoms with E-state index in [-0.39, 0.29) is 9.49 Å².